The second-order valence-corrected chi connectivity index (χ2v) is 8.11. The maximum atomic E-state index is 12.6. The molecule has 1 fully saturated rings. The molecule has 0 radical (unpaired) electrons. The molecule has 4 rings (SSSR count). The molecule has 1 saturated heterocycles. The van der Waals surface area contributed by atoms with Crippen LogP contribution in [-0.4, -0.2) is 31.1 Å². The lowest BCUT2D eigenvalue weighted by atomic mass is 10.1. The highest BCUT2D eigenvalue weighted by atomic mass is 35.5. The normalized spacial score (nSPS) is 17.7. The van der Waals surface area contributed by atoms with Gasteiger partial charge in [0.1, 0.15) is 17.6 Å². The maximum absolute atomic E-state index is 12.6. The predicted molar refractivity (Wildman–Crippen MR) is 122 cm³/mol. The van der Waals surface area contributed by atoms with Gasteiger partial charge in [-0.3, -0.25) is 9.59 Å². The van der Waals surface area contributed by atoms with Crippen molar-refractivity contribution in [2.75, 3.05) is 23.4 Å². The number of halogens is 1. The van der Waals surface area contributed by atoms with Crippen molar-refractivity contribution in [1.29, 1.82) is 0 Å². The van der Waals surface area contributed by atoms with Crippen LogP contribution in [0.2, 0.25) is 5.02 Å². The van der Waals surface area contributed by atoms with Gasteiger partial charge in [-0.15, -0.1) is 0 Å². The molecule has 0 aromatic heterocycles. The summed E-state index contributed by atoms with van der Waals surface area (Å²) in [6.45, 7) is 5.15. The second kappa shape index (κ2) is 9.02. The van der Waals surface area contributed by atoms with Crippen LogP contribution in [-0.2, 0) is 16.0 Å². The zero-order chi connectivity index (χ0) is 22.0. The molecular weight excluding hydrogens is 416 g/mol. The number of hydrogen-bond donors (Lipinski definition) is 1. The van der Waals surface area contributed by atoms with Gasteiger partial charge in [0.05, 0.1) is 17.3 Å². The highest BCUT2D eigenvalue weighted by molar-refractivity contribution is 6.34. The summed E-state index contributed by atoms with van der Waals surface area (Å²) in [4.78, 5) is 26.3. The first kappa shape index (κ1) is 21.2. The molecule has 31 heavy (non-hydrogen) atoms. The van der Waals surface area contributed by atoms with E-state index < -0.39 is 0 Å². The average molecular weight is 441 g/mol. The van der Waals surface area contributed by atoms with Crippen molar-refractivity contribution in [1.82, 2.24) is 0 Å². The standard InChI is InChI=1S/C24H25ClN2O4/c1-3-30-21-13-17-11-15(2)31-22(17)12-16(21)6-9-23(28)26-20-14-18(7-8-19(20)25)27-10-4-5-24(27)29/h6-9,12-15H,3-5,10-11H2,1-2H3,(H,26,28)/b9-6+. The molecule has 2 aromatic rings. The van der Waals surface area contributed by atoms with Gasteiger partial charge in [-0.1, -0.05) is 11.6 Å². The van der Waals surface area contributed by atoms with Crippen molar-refractivity contribution in [2.45, 2.75) is 39.2 Å². The summed E-state index contributed by atoms with van der Waals surface area (Å²) in [5.41, 5.74) is 3.07. The van der Waals surface area contributed by atoms with E-state index >= 15 is 0 Å². The molecule has 1 unspecified atom stereocenters. The van der Waals surface area contributed by atoms with Crippen LogP contribution in [0.3, 0.4) is 0 Å². The molecule has 6 nitrogen and oxygen atoms in total. The number of benzene rings is 2. The molecule has 1 N–H and O–H groups in total. The van der Waals surface area contributed by atoms with Crippen LogP contribution in [0.25, 0.3) is 6.08 Å². The van der Waals surface area contributed by atoms with Crippen LogP contribution in [0, 0.1) is 0 Å². The maximum Gasteiger partial charge on any atom is 0.248 e. The highest BCUT2D eigenvalue weighted by Crippen LogP contribution is 2.36. The summed E-state index contributed by atoms with van der Waals surface area (Å²) in [7, 11) is 0. The largest absolute Gasteiger partial charge is 0.493 e. The summed E-state index contributed by atoms with van der Waals surface area (Å²) in [5.74, 6) is 1.29. The van der Waals surface area contributed by atoms with E-state index in [1.807, 2.05) is 26.0 Å². The third-order valence-corrected chi connectivity index (χ3v) is 5.67. The number of ether oxygens (including phenoxy) is 2. The van der Waals surface area contributed by atoms with E-state index in [2.05, 4.69) is 5.32 Å². The van der Waals surface area contributed by atoms with Crippen molar-refractivity contribution in [3.63, 3.8) is 0 Å². The molecule has 162 valence electrons. The monoisotopic (exact) mass is 440 g/mol. The predicted octanol–water partition coefficient (Wildman–Crippen LogP) is 4.84. The van der Waals surface area contributed by atoms with E-state index in [0.29, 0.717) is 30.3 Å². The average Bonchev–Trinajstić information content (AvgIpc) is 3.32. The van der Waals surface area contributed by atoms with Gasteiger partial charge in [0, 0.05) is 42.3 Å². The van der Waals surface area contributed by atoms with Crippen LogP contribution in [0.15, 0.2) is 36.4 Å². The molecule has 2 amide bonds. The van der Waals surface area contributed by atoms with E-state index in [0.717, 1.165) is 41.2 Å². The fourth-order valence-corrected chi connectivity index (χ4v) is 4.07. The fraction of sp³-hybridized carbons (Fsp3) is 0.333. The summed E-state index contributed by atoms with van der Waals surface area (Å²) in [5, 5.41) is 3.21. The Bertz CT molecular complexity index is 1050. The van der Waals surface area contributed by atoms with Gasteiger partial charge in [-0.25, -0.2) is 0 Å². The smallest absolute Gasteiger partial charge is 0.248 e. The van der Waals surface area contributed by atoms with Gasteiger partial charge in [0.25, 0.3) is 0 Å². The molecule has 1 atom stereocenters. The first-order chi connectivity index (χ1) is 14.9. The van der Waals surface area contributed by atoms with Gasteiger partial charge < -0.3 is 19.7 Å². The Hall–Kier alpha value is -2.99. The minimum absolute atomic E-state index is 0.0797. The lowest BCUT2D eigenvalue weighted by Gasteiger charge is -2.17. The summed E-state index contributed by atoms with van der Waals surface area (Å²) in [6, 6.07) is 9.09. The summed E-state index contributed by atoms with van der Waals surface area (Å²) >= 11 is 6.27. The molecule has 0 spiro atoms. The third-order valence-electron chi connectivity index (χ3n) is 5.34. The number of anilines is 2. The summed E-state index contributed by atoms with van der Waals surface area (Å²) < 4.78 is 11.6. The van der Waals surface area contributed by atoms with Gasteiger partial charge >= 0.3 is 0 Å². The van der Waals surface area contributed by atoms with Crippen molar-refractivity contribution in [3.8, 4) is 11.5 Å². The Labute approximate surface area is 186 Å². The zero-order valence-electron chi connectivity index (χ0n) is 17.6. The molecule has 0 aliphatic carbocycles. The van der Waals surface area contributed by atoms with Crippen molar-refractivity contribution < 1.29 is 19.1 Å². The second-order valence-electron chi connectivity index (χ2n) is 7.70. The van der Waals surface area contributed by atoms with Crippen LogP contribution >= 0.6 is 11.6 Å². The lowest BCUT2D eigenvalue weighted by molar-refractivity contribution is -0.117. The number of hydrogen-bond acceptors (Lipinski definition) is 4. The highest BCUT2D eigenvalue weighted by Gasteiger charge is 2.23. The van der Waals surface area contributed by atoms with Crippen molar-refractivity contribution >= 4 is 40.9 Å². The number of carbonyl (C=O) groups is 2. The fourth-order valence-electron chi connectivity index (χ4n) is 3.90. The van der Waals surface area contributed by atoms with E-state index in [-0.39, 0.29) is 17.9 Å². The Balaban J connectivity index is 1.52. The molecule has 7 heteroatoms. The molecule has 2 aromatic carbocycles. The molecule has 2 aliphatic heterocycles. The van der Waals surface area contributed by atoms with E-state index in [1.165, 1.54) is 6.08 Å². The van der Waals surface area contributed by atoms with Crippen LogP contribution in [0.5, 0.6) is 11.5 Å². The number of rotatable bonds is 6. The molecular formula is C24H25ClN2O4. The van der Waals surface area contributed by atoms with E-state index in [9.17, 15) is 9.59 Å². The molecule has 0 saturated carbocycles. The zero-order valence-corrected chi connectivity index (χ0v) is 18.4. The topological polar surface area (TPSA) is 67.9 Å². The minimum Gasteiger partial charge on any atom is -0.493 e. The van der Waals surface area contributed by atoms with Gasteiger partial charge in [0.15, 0.2) is 0 Å². The SMILES string of the molecule is CCOc1cc2c(cc1/C=C/C(=O)Nc1cc(N3CCCC3=O)ccc1Cl)OC(C)C2. The Morgan fingerprint density at radius 2 is 2.19 bits per heavy atom. The molecule has 2 heterocycles. The van der Waals surface area contributed by atoms with E-state index in [1.54, 1.807) is 29.2 Å². The van der Waals surface area contributed by atoms with Gasteiger partial charge in [0.2, 0.25) is 11.8 Å². The van der Waals surface area contributed by atoms with Crippen molar-refractivity contribution in [2.24, 2.45) is 0 Å². The molecule has 2 aliphatic rings. The number of nitrogens with one attached hydrogen (secondary N) is 1. The van der Waals surface area contributed by atoms with Crippen LogP contribution < -0.4 is 19.7 Å². The number of carbonyl (C=O) groups excluding carboxylic acids is 2. The first-order valence-electron chi connectivity index (χ1n) is 10.5. The van der Waals surface area contributed by atoms with Gasteiger partial charge in [-0.2, -0.15) is 0 Å². The van der Waals surface area contributed by atoms with E-state index in [4.69, 9.17) is 21.1 Å². The number of nitrogens with zero attached hydrogens (tertiary/aromatic N) is 1. The number of fused-ring (bicyclic) bond motifs is 1. The lowest BCUT2D eigenvalue weighted by Crippen LogP contribution is -2.23. The Kier molecular flexibility index (Phi) is 6.18. The van der Waals surface area contributed by atoms with Crippen molar-refractivity contribution in [3.05, 3.63) is 52.6 Å². The first-order valence-corrected chi connectivity index (χ1v) is 10.9. The number of amides is 2. The Morgan fingerprint density at radius 1 is 1.35 bits per heavy atom. The van der Waals surface area contributed by atoms with Gasteiger partial charge in [-0.05, 0) is 56.7 Å². The Morgan fingerprint density at radius 3 is 2.94 bits per heavy atom. The van der Waals surface area contributed by atoms with Crippen LogP contribution in [0.4, 0.5) is 11.4 Å². The quantitative estimate of drug-likeness (QED) is 0.652. The molecule has 0 bridgehead atoms. The summed E-state index contributed by atoms with van der Waals surface area (Å²) in [6.07, 6.45) is 5.48. The minimum atomic E-state index is -0.330. The third kappa shape index (κ3) is 4.69. The van der Waals surface area contributed by atoms with Crippen LogP contribution in [0.1, 0.15) is 37.8 Å².